The first kappa shape index (κ1) is 24.8. The molecule has 0 aliphatic rings. The van der Waals surface area contributed by atoms with Crippen molar-refractivity contribution in [1.29, 1.82) is 0 Å². The zero-order chi connectivity index (χ0) is 24.2. The second kappa shape index (κ2) is 10.4. The van der Waals surface area contributed by atoms with E-state index in [0.29, 0.717) is 4.80 Å². The molecule has 0 spiro atoms. The second-order valence-electron chi connectivity index (χ2n) is 7.59. The first-order chi connectivity index (χ1) is 15.6. The summed E-state index contributed by atoms with van der Waals surface area (Å²) in [5, 5.41) is 0. The number of thiazole rings is 1. The summed E-state index contributed by atoms with van der Waals surface area (Å²) in [6, 6.07) is 8.52. The lowest BCUT2D eigenvalue weighted by Gasteiger charge is -2.06. The standard InChI is InChI=1S/C23H25FN2O5S2/c1-4-31-21(28)14-26-19-13-15(2)12-16(3)22(19)32-23(26)25-20(27)6-5-11-33(29,30)18-9-7-17(24)8-10-18/h7-10,12-13H,4-6,11,14H2,1-3H3. The summed E-state index contributed by atoms with van der Waals surface area (Å²) < 4.78 is 45.4. The summed E-state index contributed by atoms with van der Waals surface area (Å²) in [4.78, 5) is 29.2. The largest absolute Gasteiger partial charge is 0.465 e. The Labute approximate surface area is 195 Å². The minimum absolute atomic E-state index is 0.0101. The van der Waals surface area contributed by atoms with Crippen LogP contribution in [-0.4, -0.2) is 37.2 Å². The number of nitrogens with zero attached hydrogens (tertiary/aromatic N) is 2. The van der Waals surface area contributed by atoms with Gasteiger partial charge < -0.3 is 9.30 Å². The lowest BCUT2D eigenvalue weighted by molar-refractivity contribution is -0.143. The van der Waals surface area contributed by atoms with Gasteiger partial charge in [0.05, 0.1) is 27.5 Å². The van der Waals surface area contributed by atoms with Crippen LogP contribution >= 0.6 is 11.3 Å². The fraction of sp³-hybridized carbons (Fsp3) is 0.348. The van der Waals surface area contributed by atoms with E-state index in [2.05, 4.69) is 4.99 Å². The highest BCUT2D eigenvalue weighted by molar-refractivity contribution is 7.91. The lowest BCUT2D eigenvalue weighted by atomic mass is 10.1. The Balaban J connectivity index is 1.82. The highest BCUT2D eigenvalue weighted by Crippen LogP contribution is 2.23. The SMILES string of the molecule is CCOC(=O)Cn1c(=NC(=O)CCCS(=O)(=O)c2ccc(F)cc2)sc2c(C)cc(C)cc21. The number of halogens is 1. The van der Waals surface area contributed by atoms with Gasteiger partial charge in [0.15, 0.2) is 14.6 Å². The summed E-state index contributed by atoms with van der Waals surface area (Å²) in [6.45, 7) is 5.78. The molecule has 33 heavy (non-hydrogen) atoms. The number of carbonyl (C=O) groups is 2. The van der Waals surface area contributed by atoms with E-state index in [1.807, 2.05) is 26.0 Å². The molecule has 3 rings (SSSR count). The number of hydrogen-bond acceptors (Lipinski definition) is 6. The molecular weight excluding hydrogens is 467 g/mol. The van der Waals surface area contributed by atoms with Gasteiger partial charge in [-0.2, -0.15) is 4.99 Å². The van der Waals surface area contributed by atoms with E-state index in [-0.39, 0.29) is 36.6 Å². The minimum atomic E-state index is -3.63. The van der Waals surface area contributed by atoms with Gasteiger partial charge in [0.25, 0.3) is 0 Å². The summed E-state index contributed by atoms with van der Waals surface area (Å²) in [5.74, 6) is -1.70. The predicted molar refractivity (Wildman–Crippen MR) is 124 cm³/mol. The van der Waals surface area contributed by atoms with Crippen LogP contribution in [0, 0.1) is 19.7 Å². The van der Waals surface area contributed by atoms with Crippen molar-refractivity contribution in [3.8, 4) is 0 Å². The second-order valence-corrected chi connectivity index (χ2v) is 10.7. The molecule has 0 saturated carbocycles. The molecule has 0 aliphatic heterocycles. The zero-order valence-corrected chi connectivity index (χ0v) is 20.3. The molecule has 1 aromatic heterocycles. The van der Waals surface area contributed by atoms with Crippen LogP contribution in [0.25, 0.3) is 10.2 Å². The molecule has 0 saturated heterocycles. The van der Waals surface area contributed by atoms with Crippen LogP contribution in [0.2, 0.25) is 0 Å². The van der Waals surface area contributed by atoms with Crippen LogP contribution < -0.4 is 4.80 Å². The molecule has 0 unspecified atom stereocenters. The van der Waals surface area contributed by atoms with Crippen LogP contribution in [0.3, 0.4) is 0 Å². The third-order valence-corrected chi connectivity index (χ3v) is 7.95. The van der Waals surface area contributed by atoms with Gasteiger partial charge in [-0.3, -0.25) is 9.59 Å². The molecule has 1 heterocycles. The van der Waals surface area contributed by atoms with Crippen molar-refractivity contribution in [2.75, 3.05) is 12.4 Å². The topological polar surface area (TPSA) is 94.8 Å². The molecule has 10 heteroatoms. The molecule has 0 atom stereocenters. The first-order valence-corrected chi connectivity index (χ1v) is 12.9. The quantitative estimate of drug-likeness (QED) is 0.353. The van der Waals surface area contributed by atoms with Gasteiger partial charge in [-0.05, 0) is 68.7 Å². The smallest absolute Gasteiger partial charge is 0.326 e. The monoisotopic (exact) mass is 492 g/mol. The molecule has 176 valence electrons. The van der Waals surface area contributed by atoms with Crippen molar-refractivity contribution >= 4 is 43.3 Å². The van der Waals surface area contributed by atoms with E-state index in [4.69, 9.17) is 4.74 Å². The van der Waals surface area contributed by atoms with Gasteiger partial charge in [0, 0.05) is 6.42 Å². The number of carbonyl (C=O) groups excluding carboxylic acids is 2. The van der Waals surface area contributed by atoms with Crippen LogP contribution in [0.5, 0.6) is 0 Å². The summed E-state index contributed by atoms with van der Waals surface area (Å²) in [7, 11) is -3.63. The van der Waals surface area contributed by atoms with E-state index in [0.717, 1.165) is 33.5 Å². The van der Waals surface area contributed by atoms with Crippen LogP contribution in [0.4, 0.5) is 4.39 Å². The molecule has 0 aliphatic carbocycles. The number of rotatable bonds is 8. The Morgan fingerprint density at radius 3 is 2.52 bits per heavy atom. The van der Waals surface area contributed by atoms with E-state index in [1.54, 1.807) is 11.5 Å². The summed E-state index contributed by atoms with van der Waals surface area (Å²) in [5.41, 5.74) is 2.81. The fourth-order valence-corrected chi connectivity index (χ4v) is 5.83. The van der Waals surface area contributed by atoms with Crippen molar-refractivity contribution in [3.05, 3.63) is 58.1 Å². The third kappa shape index (κ3) is 6.14. The Bertz CT molecular complexity index is 1360. The number of sulfone groups is 1. The van der Waals surface area contributed by atoms with Crippen molar-refractivity contribution < 1.29 is 27.1 Å². The highest BCUT2D eigenvalue weighted by atomic mass is 32.2. The molecule has 0 fully saturated rings. The maximum Gasteiger partial charge on any atom is 0.326 e. The van der Waals surface area contributed by atoms with Crippen molar-refractivity contribution in [2.45, 2.75) is 45.1 Å². The summed E-state index contributed by atoms with van der Waals surface area (Å²) >= 11 is 1.30. The Hall–Kier alpha value is -2.85. The molecule has 7 nitrogen and oxygen atoms in total. The van der Waals surface area contributed by atoms with E-state index in [9.17, 15) is 22.4 Å². The molecule has 3 aromatic rings. The number of ether oxygens (including phenoxy) is 1. The normalized spacial score (nSPS) is 12.3. The number of hydrogen-bond donors (Lipinski definition) is 0. The Morgan fingerprint density at radius 2 is 1.85 bits per heavy atom. The maximum atomic E-state index is 13.0. The lowest BCUT2D eigenvalue weighted by Crippen LogP contribution is -2.23. The summed E-state index contributed by atoms with van der Waals surface area (Å²) in [6.07, 6.45) is -0.00492. The average molecular weight is 493 g/mol. The van der Waals surface area contributed by atoms with Crippen LogP contribution in [0.1, 0.15) is 30.9 Å². The number of aryl methyl sites for hydroxylation is 2. The van der Waals surface area contributed by atoms with E-state index < -0.39 is 27.5 Å². The van der Waals surface area contributed by atoms with Crippen molar-refractivity contribution in [2.24, 2.45) is 4.99 Å². The number of benzene rings is 2. The van der Waals surface area contributed by atoms with E-state index >= 15 is 0 Å². The van der Waals surface area contributed by atoms with Crippen molar-refractivity contribution in [1.82, 2.24) is 4.57 Å². The van der Waals surface area contributed by atoms with Gasteiger partial charge in [-0.15, -0.1) is 0 Å². The maximum absolute atomic E-state index is 13.0. The number of fused-ring (bicyclic) bond motifs is 1. The number of aromatic nitrogens is 1. The molecule has 1 amide bonds. The molecule has 0 radical (unpaired) electrons. The Morgan fingerprint density at radius 1 is 1.15 bits per heavy atom. The molecule has 2 aromatic carbocycles. The van der Waals surface area contributed by atoms with Crippen LogP contribution in [-0.2, 0) is 30.7 Å². The van der Waals surface area contributed by atoms with Crippen molar-refractivity contribution in [3.63, 3.8) is 0 Å². The van der Waals surface area contributed by atoms with Gasteiger partial charge in [-0.25, -0.2) is 12.8 Å². The third-order valence-electron chi connectivity index (χ3n) is 4.90. The van der Waals surface area contributed by atoms with Crippen LogP contribution in [0.15, 0.2) is 46.3 Å². The van der Waals surface area contributed by atoms with Gasteiger partial charge >= 0.3 is 5.97 Å². The zero-order valence-electron chi connectivity index (χ0n) is 18.6. The van der Waals surface area contributed by atoms with Gasteiger partial charge in [0.2, 0.25) is 5.91 Å². The molecule has 0 bridgehead atoms. The average Bonchev–Trinajstić information content (AvgIpc) is 3.05. The number of esters is 1. The first-order valence-electron chi connectivity index (χ1n) is 10.4. The molecular formula is C23H25FN2O5S2. The fourth-order valence-electron chi connectivity index (χ4n) is 3.42. The molecule has 0 N–H and O–H groups in total. The minimum Gasteiger partial charge on any atom is -0.465 e. The predicted octanol–water partition coefficient (Wildman–Crippen LogP) is 3.70. The highest BCUT2D eigenvalue weighted by Gasteiger charge is 2.17. The van der Waals surface area contributed by atoms with Gasteiger partial charge in [0.1, 0.15) is 12.4 Å². The number of amides is 1. The Kier molecular flexibility index (Phi) is 7.80. The van der Waals surface area contributed by atoms with E-state index in [1.165, 1.54) is 23.5 Å². The van der Waals surface area contributed by atoms with Gasteiger partial charge in [-0.1, -0.05) is 17.4 Å².